The monoisotopic (exact) mass is 288 g/mol. The first-order chi connectivity index (χ1) is 10.1. The highest BCUT2D eigenvalue weighted by molar-refractivity contribution is 5.74. The van der Waals surface area contributed by atoms with Crippen molar-refractivity contribution in [1.82, 2.24) is 0 Å². The van der Waals surface area contributed by atoms with E-state index in [1.54, 1.807) is 0 Å². The predicted molar refractivity (Wildman–Crippen MR) is 81.3 cm³/mol. The number of benzene rings is 1. The summed E-state index contributed by atoms with van der Waals surface area (Å²) in [6, 6.07) is 8.73. The van der Waals surface area contributed by atoms with Gasteiger partial charge in [-0.1, -0.05) is 38.1 Å². The van der Waals surface area contributed by atoms with Crippen LogP contribution in [0, 0.1) is 5.92 Å². The van der Waals surface area contributed by atoms with Crippen molar-refractivity contribution in [3.05, 3.63) is 35.4 Å². The summed E-state index contributed by atoms with van der Waals surface area (Å²) >= 11 is 0. The van der Waals surface area contributed by atoms with Crippen LogP contribution >= 0.6 is 0 Å². The number of ether oxygens (including phenoxy) is 2. The van der Waals surface area contributed by atoms with Crippen molar-refractivity contribution >= 4 is 5.97 Å². The van der Waals surface area contributed by atoms with Crippen molar-refractivity contribution in [1.29, 1.82) is 0 Å². The highest BCUT2D eigenvalue weighted by atomic mass is 16.5. The van der Waals surface area contributed by atoms with E-state index in [-0.39, 0.29) is 23.9 Å². The minimum atomic E-state index is -0.154. The Kier molecular flexibility index (Phi) is 4.03. The van der Waals surface area contributed by atoms with E-state index in [1.165, 1.54) is 18.2 Å². The summed E-state index contributed by atoms with van der Waals surface area (Å²) in [5.41, 5.74) is 2.58. The van der Waals surface area contributed by atoms with Crippen LogP contribution in [0.5, 0.6) is 0 Å². The zero-order chi connectivity index (χ0) is 15.0. The van der Waals surface area contributed by atoms with Gasteiger partial charge in [-0.05, 0) is 36.3 Å². The van der Waals surface area contributed by atoms with Crippen LogP contribution in [0.25, 0.3) is 0 Å². The molecule has 2 bridgehead atoms. The van der Waals surface area contributed by atoms with Gasteiger partial charge in [0, 0.05) is 5.92 Å². The maximum Gasteiger partial charge on any atom is 0.311 e. The molecule has 0 amide bonds. The number of carbonyl (C=O) groups excluding carboxylic acids is 1. The SMILES string of the molecule is COC(=O)[C@@H]1[C@H]2CCC(C[C@H]1c1ccc(C(C)C)cc1)O2. The molecule has 1 unspecified atom stereocenters. The molecule has 0 spiro atoms. The summed E-state index contributed by atoms with van der Waals surface area (Å²) in [5.74, 6) is 0.475. The first-order valence-electron chi connectivity index (χ1n) is 7.93. The van der Waals surface area contributed by atoms with Crippen molar-refractivity contribution in [2.45, 2.75) is 57.2 Å². The minimum absolute atomic E-state index is 0.0333. The Morgan fingerprint density at radius 1 is 1.24 bits per heavy atom. The zero-order valence-electron chi connectivity index (χ0n) is 13.0. The second kappa shape index (κ2) is 5.80. The molecule has 2 heterocycles. The van der Waals surface area contributed by atoms with Gasteiger partial charge in [-0.2, -0.15) is 0 Å². The first-order valence-corrected chi connectivity index (χ1v) is 7.93. The third kappa shape index (κ3) is 2.71. The van der Waals surface area contributed by atoms with Crippen molar-refractivity contribution in [2.75, 3.05) is 7.11 Å². The molecule has 0 saturated carbocycles. The van der Waals surface area contributed by atoms with E-state index in [0.29, 0.717) is 12.0 Å². The Morgan fingerprint density at radius 2 is 1.95 bits per heavy atom. The lowest BCUT2D eigenvalue weighted by Crippen LogP contribution is -2.39. The van der Waals surface area contributed by atoms with E-state index < -0.39 is 0 Å². The smallest absolute Gasteiger partial charge is 0.311 e. The Morgan fingerprint density at radius 3 is 2.57 bits per heavy atom. The van der Waals surface area contributed by atoms with E-state index in [1.807, 2.05) is 0 Å². The van der Waals surface area contributed by atoms with Gasteiger partial charge in [0.15, 0.2) is 0 Å². The Hall–Kier alpha value is -1.35. The van der Waals surface area contributed by atoms with E-state index in [2.05, 4.69) is 38.1 Å². The van der Waals surface area contributed by atoms with Crippen LogP contribution in [0.1, 0.15) is 56.1 Å². The number of esters is 1. The van der Waals surface area contributed by atoms with Crippen molar-refractivity contribution < 1.29 is 14.3 Å². The van der Waals surface area contributed by atoms with E-state index >= 15 is 0 Å². The molecule has 3 nitrogen and oxygen atoms in total. The predicted octanol–water partition coefficient (Wildman–Crippen LogP) is 3.63. The summed E-state index contributed by atoms with van der Waals surface area (Å²) < 4.78 is 11.0. The summed E-state index contributed by atoms with van der Waals surface area (Å²) in [4.78, 5) is 12.2. The maximum absolute atomic E-state index is 12.2. The van der Waals surface area contributed by atoms with Gasteiger partial charge in [0.25, 0.3) is 0 Å². The van der Waals surface area contributed by atoms with Gasteiger partial charge in [0.1, 0.15) is 0 Å². The Bertz CT molecular complexity index is 506. The molecule has 4 atom stereocenters. The average molecular weight is 288 g/mol. The molecule has 0 aliphatic carbocycles. The average Bonchev–Trinajstić information content (AvgIpc) is 2.88. The molecule has 2 saturated heterocycles. The van der Waals surface area contributed by atoms with Crippen LogP contribution in [0.2, 0.25) is 0 Å². The van der Waals surface area contributed by atoms with Gasteiger partial charge in [-0.25, -0.2) is 0 Å². The maximum atomic E-state index is 12.2. The number of methoxy groups -OCH3 is 1. The van der Waals surface area contributed by atoms with Crippen LogP contribution in [0.3, 0.4) is 0 Å². The minimum Gasteiger partial charge on any atom is -0.469 e. The second-order valence-electron chi connectivity index (χ2n) is 6.59. The molecule has 1 aromatic rings. The molecule has 0 N–H and O–H groups in total. The normalized spacial score (nSPS) is 31.4. The number of hydrogen-bond acceptors (Lipinski definition) is 3. The summed E-state index contributed by atoms with van der Waals surface area (Å²) in [5, 5.41) is 0. The summed E-state index contributed by atoms with van der Waals surface area (Å²) in [6.07, 6.45) is 3.32. The highest BCUT2D eigenvalue weighted by Crippen LogP contribution is 2.45. The van der Waals surface area contributed by atoms with Gasteiger partial charge in [-0.15, -0.1) is 0 Å². The van der Waals surface area contributed by atoms with Crippen LogP contribution in [-0.4, -0.2) is 25.3 Å². The van der Waals surface area contributed by atoms with Gasteiger partial charge in [0.2, 0.25) is 0 Å². The molecule has 3 rings (SSSR count). The van der Waals surface area contributed by atoms with E-state index in [9.17, 15) is 4.79 Å². The zero-order valence-corrected chi connectivity index (χ0v) is 13.0. The largest absolute Gasteiger partial charge is 0.469 e. The topological polar surface area (TPSA) is 35.5 Å². The molecule has 0 radical (unpaired) electrons. The molecule has 21 heavy (non-hydrogen) atoms. The summed E-state index contributed by atoms with van der Waals surface area (Å²) in [7, 11) is 1.47. The van der Waals surface area contributed by atoms with Crippen molar-refractivity contribution in [3.8, 4) is 0 Å². The van der Waals surface area contributed by atoms with Gasteiger partial charge in [-0.3, -0.25) is 4.79 Å². The van der Waals surface area contributed by atoms with Crippen LogP contribution in [0.4, 0.5) is 0 Å². The Labute approximate surface area is 126 Å². The van der Waals surface area contributed by atoms with Crippen molar-refractivity contribution in [3.63, 3.8) is 0 Å². The van der Waals surface area contributed by atoms with Crippen LogP contribution < -0.4 is 0 Å². The fourth-order valence-electron chi connectivity index (χ4n) is 3.78. The molecule has 1 aromatic carbocycles. The third-order valence-corrected chi connectivity index (χ3v) is 5.00. The lowest BCUT2D eigenvalue weighted by Gasteiger charge is -2.35. The molecular formula is C18H24O3. The molecule has 2 aliphatic rings. The Balaban J connectivity index is 1.89. The lowest BCUT2D eigenvalue weighted by atomic mass is 9.78. The standard InChI is InChI=1S/C18H24O3/c1-11(2)12-4-6-13(7-5-12)15-10-14-8-9-16(21-14)17(15)18(19)20-3/h4-7,11,14-17H,8-10H2,1-3H3/t14?,15-,16+,17-/m0/s1. The van der Waals surface area contributed by atoms with Crippen LogP contribution in [0.15, 0.2) is 24.3 Å². The molecule has 2 aliphatic heterocycles. The fourth-order valence-corrected chi connectivity index (χ4v) is 3.78. The molecule has 114 valence electrons. The molecule has 2 fully saturated rings. The van der Waals surface area contributed by atoms with E-state index in [4.69, 9.17) is 9.47 Å². The lowest BCUT2D eigenvalue weighted by molar-refractivity contribution is -0.156. The molecule has 0 aromatic heterocycles. The second-order valence-corrected chi connectivity index (χ2v) is 6.59. The number of rotatable bonds is 3. The van der Waals surface area contributed by atoms with Crippen LogP contribution in [-0.2, 0) is 14.3 Å². The molecular weight excluding hydrogens is 264 g/mol. The van der Waals surface area contributed by atoms with E-state index in [0.717, 1.165) is 19.3 Å². The molecule has 3 heteroatoms. The van der Waals surface area contributed by atoms with Gasteiger partial charge in [0.05, 0.1) is 25.2 Å². The number of carbonyl (C=O) groups is 1. The van der Waals surface area contributed by atoms with Crippen molar-refractivity contribution in [2.24, 2.45) is 5.92 Å². The highest BCUT2D eigenvalue weighted by Gasteiger charge is 2.47. The quantitative estimate of drug-likeness (QED) is 0.797. The first kappa shape index (κ1) is 14.6. The fraction of sp³-hybridized carbons (Fsp3) is 0.611. The third-order valence-electron chi connectivity index (χ3n) is 5.00. The number of hydrogen-bond donors (Lipinski definition) is 0. The van der Waals surface area contributed by atoms with Gasteiger partial charge < -0.3 is 9.47 Å². The van der Waals surface area contributed by atoms with Gasteiger partial charge >= 0.3 is 5.97 Å². The number of fused-ring (bicyclic) bond motifs is 2. The summed E-state index contributed by atoms with van der Waals surface area (Å²) in [6.45, 7) is 4.39.